The fourth-order valence-corrected chi connectivity index (χ4v) is 4.81. The molecule has 152 valence electrons. The Kier molecular flexibility index (Phi) is 6.73. The van der Waals surface area contributed by atoms with E-state index < -0.39 is 10.0 Å². The molecule has 3 rings (SSSR count). The van der Waals surface area contributed by atoms with Gasteiger partial charge in [-0.1, -0.05) is 11.3 Å². The molecule has 9 nitrogen and oxygen atoms in total. The molecule has 0 atom stereocenters. The van der Waals surface area contributed by atoms with Gasteiger partial charge in [0, 0.05) is 51.1 Å². The fraction of sp³-hybridized carbons (Fsp3) is 0.471. The van der Waals surface area contributed by atoms with Crippen LogP contribution in [0.3, 0.4) is 0 Å². The molecule has 0 unspecified atom stereocenters. The van der Waals surface area contributed by atoms with Gasteiger partial charge in [0.05, 0.1) is 23.8 Å². The van der Waals surface area contributed by atoms with Crippen molar-refractivity contribution < 1.29 is 17.9 Å². The largest absolute Gasteiger partial charge is 0.379 e. The van der Waals surface area contributed by atoms with Gasteiger partial charge >= 0.3 is 0 Å². The molecule has 1 fully saturated rings. The number of pyridine rings is 1. The van der Waals surface area contributed by atoms with Crippen LogP contribution in [0.15, 0.2) is 23.4 Å². The van der Waals surface area contributed by atoms with Gasteiger partial charge in [-0.25, -0.2) is 18.1 Å². The normalized spacial score (nSPS) is 15.5. The molecule has 3 heterocycles. The number of ether oxygens (including phenoxy) is 1. The van der Waals surface area contributed by atoms with Crippen molar-refractivity contribution in [2.45, 2.75) is 18.7 Å². The van der Waals surface area contributed by atoms with Crippen molar-refractivity contribution in [3.63, 3.8) is 0 Å². The van der Waals surface area contributed by atoms with Crippen molar-refractivity contribution >= 4 is 32.4 Å². The molecule has 28 heavy (non-hydrogen) atoms. The van der Waals surface area contributed by atoms with Crippen LogP contribution in [0.5, 0.6) is 0 Å². The third-order valence-corrected chi connectivity index (χ3v) is 6.74. The van der Waals surface area contributed by atoms with E-state index in [-0.39, 0.29) is 10.8 Å². The number of carbonyl (C=O) groups is 1. The van der Waals surface area contributed by atoms with Crippen LogP contribution in [0.4, 0.5) is 5.13 Å². The number of amides is 1. The van der Waals surface area contributed by atoms with E-state index in [1.165, 1.54) is 24.5 Å². The van der Waals surface area contributed by atoms with Crippen molar-refractivity contribution in [1.82, 2.24) is 19.6 Å². The number of hydrogen-bond acceptors (Lipinski definition) is 8. The number of thiazole rings is 1. The first-order valence-corrected chi connectivity index (χ1v) is 11.2. The molecule has 1 saturated heterocycles. The van der Waals surface area contributed by atoms with E-state index in [1.807, 2.05) is 0 Å². The second-order valence-corrected chi connectivity index (χ2v) is 9.14. The maximum absolute atomic E-state index is 12.6. The third-order valence-electron chi connectivity index (χ3n) is 4.19. The zero-order valence-electron chi connectivity index (χ0n) is 15.8. The number of hydrogen-bond donors (Lipinski definition) is 2. The van der Waals surface area contributed by atoms with Gasteiger partial charge < -0.3 is 10.1 Å². The molecule has 2 aromatic rings. The second kappa shape index (κ2) is 9.05. The van der Waals surface area contributed by atoms with Gasteiger partial charge in [0.25, 0.3) is 0 Å². The summed E-state index contributed by atoms with van der Waals surface area (Å²) in [5.74, 6) is -0.209. The number of nitrogens with one attached hydrogen (secondary N) is 2. The van der Waals surface area contributed by atoms with Crippen LogP contribution in [0.25, 0.3) is 10.4 Å². The summed E-state index contributed by atoms with van der Waals surface area (Å²) in [6, 6.07) is 1.57. The van der Waals surface area contributed by atoms with E-state index >= 15 is 0 Å². The molecule has 1 aliphatic heterocycles. The number of rotatable bonds is 7. The van der Waals surface area contributed by atoms with Crippen molar-refractivity contribution in [3.8, 4) is 10.4 Å². The third kappa shape index (κ3) is 5.32. The minimum atomic E-state index is -3.67. The quantitative estimate of drug-likeness (QED) is 0.682. The highest BCUT2D eigenvalue weighted by Crippen LogP contribution is 2.33. The Morgan fingerprint density at radius 1 is 1.32 bits per heavy atom. The Hall–Kier alpha value is -1.92. The number of morpholine rings is 1. The fourth-order valence-electron chi connectivity index (χ4n) is 2.80. The highest BCUT2D eigenvalue weighted by molar-refractivity contribution is 7.89. The predicted molar refractivity (Wildman–Crippen MR) is 107 cm³/mol. The molecule has 11 heteroatoms. The zero-order chi connectivity index (χ0) is 20.1. The maximum Gasteiger partial charge on any atom is 0.242 e. The van der Waals surface area contributed by atoms with Crippen LogP contribution in [-0.2, 0) is 19.6 Å². The Balaban J connectivity index is 1.71. The first kappa shape index (κ1) is 20.8. The van der Waals surface area contributed by atoms with Crippen LogP contribution in [0.1, 0.15) is 12.6 Å². The minimum absolute atomic E-state index is 0.0980. The van der Waals surface area contributed by atoms with Crippen molar-refractivity contribution in [2.75, 3.05) is 44.7 Å². The van der Waals surface area contributed by atoms with Crippen molar-refractivity contribution in [1.29, 1.82) is 0 Å². The maximum atomic E-state index is 12.6. The molecule has 2 aromatic heterocycles. The van der Waals surface area contributed by atoms with Gasteiger partial charge in [-0.05, 0) is 13.0 Å². The Morgan fingerprint density at radius 2 is 2.07 bits per heavy atom. The summed E-state index contributed by atoms with van der Waals surface area (Å²) >= 11 is 1.28. The monoisotopic (exact) mass is 425 g/mol. The molecule has 0 saturated carbocycles. The summed E-state index contributed by atoms with van der Waals surface area (Å²) in [6.45, 7) is 7.12. The average molecular weight is 426 g/mol. The molecule has 1 amide bonds. The number of aryl methyl sites for hydroxylation is 1. The number of carbonyl (C=O) groups excluding carboxylic acids is 1. The van der Waals surface area contributed by atoms with Crippen LogP contribution < -0.4 is 10.0 Å². The Morgan fingerprint density at radius 3 is 2.79 bits per heavy atom. The zero-order valence-corrected chi connectivity index (χ0v) is 17.4. The first-order valence-electron chi connectivity index (χ1n) is 8.85. The highest BCUT2D eigenvalue weighted by Gasteiger charge is 2.18. The lowest BCUT2D eigenvalue weighted by atomic mass is 10.2. The summed E-state index contributed by atoms with van der Waals surface area (Å²) in [4.78, 5) is 22.6. The molecule has 0 bridgehead atoms. The number of nitrogens with zero attached hydrogens (tertiary/aromatic N) is 3. The molecule has 0 aliphatic carbocycles. The van der Waals surface area contributed by atoms with E-state index in [0.29, 0.717) is 42.7 Å². The molecule has 2 N–H and O–H groups in total. The van der Waals surface area contributed by atoms with Gasteiger partial charge in [-0.3, -0.25) is 14.7 Å². The van der Waals surface area contributed by atoms with E-state index in [1.54, 1.807) is 19.2 Å². The minimum Gasteiger partial charge on any atom is -0.379 e. The standard InChI is InChI=1S/C17H23N5O4S2/c1-12-16(27-17(20-12)21-13(2)23)14-9-15(11-18-10-14)28(24,25)19-3-4-22-5-7-26-8-6-22/h9-11,19H,3-8H2,1-2H3,(H,20,21,23). The second-order valence-electron chi connectivity index (χ2n) is 6.38. The molecule has 0 radical (unpaired) electrons. The van der Waals surface area contributed by atoms with Gasteiger partial charge in [-0.2, -0.15) is 0 Å². The number of sulfonamides is 1. The lowest BCUT2D eigenvalue weighted by Gasteiger charge is -2.26. The van der Waals surface area contributed by atoms with E-state index in [0.717, 1.165) is 18.0 Å². The predicted octanol–water partition coefficient (Wildman–Crippen LogP) is 1.08. The van der Waals surface area contributed by atoms with E-state index in [4.69, 9.17) is 4.74 Å². The average Bonchev–Trinajstić information content (AvgIpc) is 3.02. The SMILES string of the molecule is CC(=O)Nc1nc(C)c(-c2cncc(S(=O)(=O)NCCN3CCOCC3)c2)s1. The first-order chi connectivity index (χ1) is 13.3. The summed E-state index contributed by atoms with van der Waals surface area (Å²) < 4.78 is 33.2. The smallest absolute Gasteiger partial charge is 0.242 e. The molecule has 0 aromatic carbocycles. The van der Waals surface area contributed by atoms with Gasteiger partial charge in [0.15, 0.2) is 5.13 Å². The molecule has 1 aliphatic rings. The Bertz CT molecular complexity index is 939. The molecule has 0 spiro atoms. The van der Waals surface area contributed by atoms with Crippen molar-refractivity contribution in [3.05, 3.63) is 24.2 Å². The molecular formula is C17H23N5O4S2. The van der Waals surface area contributed by atoms with E-state index in [9.17, 15) is 13.2 Å². The number of anilines is 1. The lowest BCUT2D eigenvalue weighted by molar-refractivity contribution is -0.114. The topological polar surface area (TPSA) is 114 Å². The summed E-state index contributed by atoms with van der Waals surface area (Å²) in [6.07, 6.45) is 2.91. The lowest BCUT2D eigenvalue weighted by Crippen LogP contribution is -2.41. The van der Waals surface area contributed by atoms with Crippen molar-refractivity contribution in [2.24, 2.45) is 0 Å². The molecular weight excluding hydrogens is 402 g/mol. The Labute approximate surface area is 168 Å². The van der Waals surface area contributed by atoms with Gasteiger partial charge in [0.1, 0.15) is 4.90 Å². The van der Waals surface area contributed by atoms with Crippen LogP contribution in [0.2, 0.25) is 0 Å². The van der Waals surface area contributed by atoms with Crippen LogP contribution >= 0.6 is 11.3 Å². The van der Waals surface area contributed by atoms with Crippen LogP contribution in [-0.4, -0.2) is 68.6 Å². The highest BCUT2D eigenvalue weighted by atomic mass is 32.2. The van der Waals surface area contributed by atoms with Gasteiger partial charge in [-0.15, -0.1) is 0 Å². The number of aromatic nitrogens is 2. The van der Waals surface area contributed by atoms with Gasteiger partial charge in [0.2, 0.25) is 15.9 Å². The summed E-state index contributed by atoms with van der Waals surface area (Å²) in [5, 5.41) is 3.11. The van der Waals surface area contributed by atoms with E-state index in [2.05, 4.69) is 24.9 Å². The summed E-state index contributed by atoms with van der Waals surface area (Å²) in [5.41, 5.74) is 1.34. The van der Waals surface area contributed by atoms with Crippen LogP contribution in [0, 0.1) is 6.92 Å². The summed E-state index contributed by atoms with van der Waals surface area (Å²) in [7, 11) is -3.67.